The maximum absolute atomic E-state index is 13.9. The summed E-state index contributed by atoms with van der Waals surface area (Å²) in [5, 5.41) is 3.85. The number of amides is 1. The van der Waals surface area contributed by atoms with Gasteiger partial charge >= 0.3 is 0 Å². The van der Waals surface area contributed by atoms with Gasteiger partial charge in [0.05, 0.1) is 22.7 Å². The first-order chi connectivity index (χ1) is 13.2. The molecule has 9 heteroatoms. The summed E-state index contributed by atoms with van der Waals surface area (Å²) >= 11 is 1.52. The number of hydrogen-bond donors (Lipinski definition) is 0. The fourth-order valence-corrected chi connectivity index (χ4v) is 6.13. The molecule has 2 aromatic rings. The zero-order valence-corrected chi connectivity index (χ0v) is 17.4. The second kappa shape index (κ2) is 6.91. The van der Waals surface area contributed by atoms with Gasteiger partial charge in [-0.3, -0.25) is 9.69 Å². The third-order valence-corrected chi connectivity index (χ3v) is 8.34. The predicted molar refractivity (Wildman–Crippen MR) is 107 cm³/mol. The van der Waals surface area contributed by atoms with Crippen molar-refractivity contribution in [2.45, 2.75) is 23.8 Å². The molecule has 0 saturated carbocycles. The Hall–Kier alpha value is -1.81. The van der Waals surface area contributed by atoms with Crippen molar-refractivity contribution in [3.8, 4) is 0 Å². The Morgan fingerprint density at radius 2 is 2.00 bits per heavy atom. The Labute approximate surface area is 168 Å². The number of benzene rings is 1. The molecule has 1 aromatic heterocycles. The molecule has 0 radical (unpaired) electrons. The van der Waals surface area contributed by atoms with Gasteiger partial charge in [-0.2, -0.15) is 15.6 Å². The number of carbonyl (C=O) groups is 1. The molecule has 150 valence electrons. The molecule has 1 aromatic carbocycles. The molecule has 2 saturated heterocycles. The summed E-state index contributed by atoms with van der Waals surface area (Å²) in [5.74, 6) is -0.521. The van der Waals surface area contributed by atoms with Gasteiger partial charge in [-0.1, -0.05) is 6.07 Å². The van der Waals surface area contributed by atoms with E-state index in [0.717, 1.165) is 11.8 Å². The molecule has 3 heterocycles. The fourth-order valence-electron chi connectivity index (χ4n) is 3.95. The van der Waals surface area contributed by atoms with E-state index in [1.165, 1.54) is 27.8 Å². The topological polar surface area (TPSA) is 60.9 Å². The van der Waals surface area contributed by atoms with Crippen LogP contribution in [0.2, 0.25) is 0 Å². The number of halogens is 1. The van der Waals surface area contributed by atoms with Gasteiger partial charge < -0.3 is 4.90 Å². The lowest BCUT2D eigenvalue weighted by Crippen LogP contribution is -2.64. The summed E-state index contributed by atoms with van der Waals surface area (Å²) < 4.78 is 41.5. The molecule has 1 spiro atoms. The van der Waals surface area contributed by atoms with E-state index in [0.29, 0.717) is 25.1 Å². The van der Waals surface area contributed by atoms with E-state index in [-0.39, 0.29) is 23.9 Å². The number of anilines is 1. The van der Waals surface area contributed by atoms with Crippen LogP contribution in [0.3, 0.4) is 0 Å². The van der Waals surface area contributed by atoms with Gasteiger partial charge in [0.1, 0.15) is 5.82 Å². The number of sulfonamides is 1. The number of thiophene rings is 1. The Morgan fingerprint density at radius 1 is 1.21 bits per heavy atom. The first kappa shape index (κ1) is 19.5. The van der Waals surface area contributed by atoms with E-state index in [1.807, 2.05) is 28.8 Å². The second-order valence-corrected chi connectivity index (χ2v) is 10.3. The number of nitrogens with zero attached hydrogens (tertiary/aromatic N) is 3. The highest BCUT2D eigenvalue weighted by Gasteiger charge is 2.50. The smallest absolute Gasteiger partial charge is 0.243 e. The van der Waals surface area contributed by atoms with Crippen molar-refractivity contribution in [2.24, 2.45) is 0 Å². The van der Waals surface area contributed by atoms with Crippen LogP contribution >= 0.6 is 11.3 Å². The molecule has 1 amide bonds. The zero-order valence-electron chi connectivity index (χ0n) is 15.8. The quantitative estimate of drug-likeness (QED) is 0.760. The minimum atomic E-state index is -3.80. The molecule has 2 aliphatic heterocycles. The highest BCUT2D eigenvalue weighted by molar-refractivity contribution is 7.89. The normalized spacial score (nSPS) is 24.4. The van der Waals surface area contributed by atoms with Crippen molar-refractivity contribution in [1.82, 2.24) is 9.21 Å². The SMILES string of the molecule is Cc1ccc(S(=O)(=O)N2CCC3(CN(c4ccsc4)C(=O)CN3C)C2)cc1F. The molecule has 1 unspecified atom stereocenters. The lowest BCUT2D eigenvalue weighted by molar-refractivity contribution is -0.123. The largest absolute Gasteiger partial charge is 0.309 e. The van der Waals surface area contributed by atoms with Crippen molar-refractivity contribution >= 4 is 33.0 Å². The molecule has 2 fully saturated rings. The van der Waals surface area contributed by atoms with Gasteiger partial charge in [0, 0.05) is 25.0 Å². The van der Waals surface area contributed by atoms with Crippen molar-refractivity contribution in [1.29, 1.82) is 0 Å². The molecule has 0 bridgehead atoms. The molecular weight excluding hydrogens is 401 g/mol. The summed E-state index contributed by atoms with van der Waals surface area (Å²) in [6, 6.07) is 5.92. The lowest BCUT2D eigenvalue weighted by Gasteiger charge is -2.46. The van der Waals surface area contributed by atoms with Crippen LogP contribution in [0.4, 0.5) is 10.1 Å². The summed E-state index contributed by atoms with van der Waals surface area (Å²) in [6.07, 6.45) is 0.616. The number of piperazine rings is 1. The van der Waals surface area contributed by atoms with Crippen LogP contribution in [0.5, 0.6) is 0 Å². The van der Waals surface area contributed by atoms with Crippen molar-refractivity contribution in [3.63, 3.8) is 0 Å². The molecule has 2 aliphatic rings. The van der Waals surface area contributed by atoms with E-state index in [1.54, 1.807) is 11.8 Å². The average Bonchev–Trinajstić information content (AvgIpc) is 3.31. The molecule has 0 N–H and O–H groups in total. The van der Waals surface area contributed by atoms with E-state index in [2.05, 4.69) is 0 Å². The lowest BCUT2D eigenvalue weighted by atomic mass is 9.93. The van der Waals surface area contributed by atoms with Crippen LogP contribution in [-0.4, -0.2) is 62.3 Å². The molecule has 4 rings (SSSR count). The van der Waals surface area contributed by atoms with Gasteiger partial charge in [-0.25, -0.2) is 12.8 Å². The number of carbonyl (C=O) groups excluding carboxylic acids is 1. The minimum absolute atomic E-state index is 0.00781. The standard InChI is InChI=1S/C19H22FN3O3S2/c1-14-3-4-16(9-17(14)20)28(25,26)22-7-6-19(12-22)13-23(15-5-8-27-11-15)18(24)10-21(19)2/h3-5,8-9,11H,6-7,10,12-13H2,1-2H3. The van der Waals surface area contributed by atoms with Crippen LogP contribution in [-0.2, 0) is 14.8 Å². The Balaban J connectivity index is 1.61. The highest BCUT2D eigenvalue weighted by Crippen LogP contribution is 2.36. The van der Waals surface area contributed by atoms with Crippen LogP contribution in [0.25, 0.3) is 0 Å². The molecule has 1 atom stereocenters. The van der Waals surface area contributed by atoms with E-state index in [4.69, 9.17) is 0 Å². The van der Waals surface area contributed by atoms with Gasteiger partial charge in [0.15, 0.2) is 0 Å². The minimum Gasteiger partial charge on any atom is -0.309 e. The fraction of sp³-hybridized carbons (Fsp3) is 0.421. The van der Waals surface area contributed by atoms with Crippen LogP contribution in [0.1, 0.15) is 12.0 Å². The number of rotatable bonds is 3. The Morgan fingerprint density at radius 3 is 2.68 bits per heavy atom. The summed E-state index contributed by atoms with van der Waals surface area (Å²) in [5.41, 5.74) is 0.810. The maximum Gasteiger partial charge on any atom is 0.243 e. The van der Waals surface area contributed by atoms with E-state index < -0.39 is 21.4 Å². The van der Waals surface area contributed by atoms with E-state index in [9.17, 15) is 17.6 Å². The Bertz CT molecular complexity index is 1010. The summed E-state index contributed by atoms with van der Waals surface area (Å²) in [7, 11) is -1.93. The monoisotopic (exact) mass is 423 g/mol. The third-order valence-electron chi connectivity index (χ3n) is 5.83. The van der Waals surface area contributed by atoms with Gasteiger partial charge in [-0.05, 0) is 49.5 Å². The second-order valence-electron chi connectivity index (χ2n) is 7.54. The van der Waals surface area contributed by atoms with Gasteiger partial charge in [0.25, 0.3) is 0 Å². The number of aryl methyl sites for hydroxylation is 1. The first-order valence-corrected chi connectivity index (χ1v) is 11.4. The van der Waals surface area contributed by atoms with Crippen LogP contribution < -0.4 is 4.90 Å². The highest BCUT2D eigenvalue weighted by atomic mass is 32.2. The Kier molecular flexibility index (Phi) is 4.81. The summed E-state index contributed by atoms with van der Waals surface area (Å²) in [4.78, 5) is 16.2. The maximum atomic E-state index is 13.9. The molecular formula is C19H22FN3O3S2. The molecule has 0 aliphatic carbocycles. The van der Waals surface area contributed by atoms with Crippen molar-refractivity contribution in [2.75, 3.05) is 38.1 Å². The van der Waals surface area contributed by atoms with Crippen LogP contribution in [0.15, 0.2) is 39.9 Å². The third kappa shape index (κ3) is 3.16. The first-order valence-electron chi connectivity index (χ1n) is 9.03. The molecule has 6 nitrogen and oxygen atoms in total. The average molecular weight is 424 g/mol. The van der Waals surface area contributed by atoms with E-state index >= 15 is 0 Å². The van der Waals surface area contributed by atoms with Gasteiger partial charge in [-0.15, -0.1) is 0 Å². The van der Waals surface area contributed by atoms with Crippen LogP contribution in [0, 0.1) is 12.7 Å². The van der Waals surface area contributed by atoms with Gasteiger partial charge in [0.2, 0.25) is 15.9 Å². The van der Waals surface area contributed by atoms with Crippen molar-refractivity contribution in [3.05, 3.63) is 46.4 Å². The predicted octanol–water partition coefficient (Wildman–Crippen LogP) is 2.31. The zero-order chi connectivity index (χ0) is 20.1. The number of likely N-dealkylation sites (N-methyl/N-ethyl adjacent to an activating group) is 1. The number of hydrogen-bond acceptors (Lipinski definition) is 5. The summed E-state index contributed by atoms with van der Waals surface area (Å²) in [6.45, 7) is 2.89. The molecule has 28 heavy (non-hydrogen) atoms. The van der Waals surface area contributed by atoms with Crippen molar-refractivity contribution < 1.29 is 17.6 Å².